The maximum absolute atomic E-state index is 6.19. The lowest BCUT2D eigenvalue weighted by Gasteiger charge is -2.31. The number of rotatable bonds is 2. The van der Waals surface area contributed by atoms with Crippen LogP contribution in [0.1, 0.15) is 19.8 Å². The molecular weight excluding hydrogens is 262 g/mol. The zero-order valence-corrected chi connectivity index (χ0v) is 12.8. The SMILES string of the molecule is CCC1CN(C)CCCN1c1nc2ccccc2nc1N. The summed E-state index contributed by atoms with van der Waals surface area (Å²) in [4.78, 5) is 14.0. The van der Waals surface area contributed by atoms with Gasteiger partial charge in [-0.2, -0.15) is 0 Å². The number of hydrogen-bond donors (Lipinski definition) is 1. The molecule has 1 fully saturated rings. The topological polar surface area (TPSA) is 58.3 Å². The molecule has 0 amide bonds. The molecule has 5 heteroatoms. The molecule has 1 unspecified atom stereocenters. The Bertz CT molecular complexity index is 627. The first-order valence-corrected chi connectivity index (χ1v) is 7.66. The third-order valence-electron chi connectivity index (χ3n) is 4.22. The Labute approximate surface area is 125 Å². The first-order valence-electron chi connectivity index (χ1n) is 7.66. The molecule has 1 saturated heterocycles. The van der Waals surface area contributed by atoms with Gasteiger partial charge in [0.1, 0.15) is 0 Å². The number of aromatic nitrogens is 2. The maximum atomic E-state index is 6.19. The average Bonchev–Trinajstić information content (AvgIpc) is 2.67. The summed E-state index contributed by atoms with van der Waals surface area (Å²) in [5, 5.41) is 0. The highest BCUT2D eigenvalue weighted by molar-refractivity contribution is 5.79. The normalized spacial score (nSPS) is 20.7. The van der Waals surface area contributed by atoms with E-state index >= 15 is 0 Å². The molecule has 1 aliphatic rings. The molecule has 2 heterocycles. The van der Waals surface area contributed by atoms with E-state index in [1.807, 2.05) is 24.3 Å². The van der Waals surface area contributed by atoms with Crippen LogP contribution in [0.3, 0.4) is 0 Å². The van der Waals surface area contributed by atoms with Crippen LogP contribution in [0.5, 0.6) is 0 Å². The molecule has 0 saturated carbocycles. The van der Waals surface area contributed by atoms with Crippen molar-refractivity contribution < 1.29 is 0 Å². The van der Waals surface area contributed by atoms with Gasteiger partial charge in [0.25, 0.3) is 0 Å². The Morgan fingerprint density at radius 3 is 2.62 bits per heavy atom. The molecule has 112 valence electrons. The van der Waals surface area contributed by atoms with Gasteiger partial charge in [-0.25, -0.2) is 9.97 Å². The second-order valence-corrected chi connectivity index (χ2v) is 5.79. The van der Waals surface area contributed by atoms with Gasteiger partial charge in [0, 0.05) is 19.1 Å². The first kappa shape index (κ1) is 14.1. The van der Waals surface area contributed by atoms with Crippen molar-refractivity contribution in [2.45, 2.75) is 25.8 Å². The predicted molar refractivity (Wildman–Crippen MR) is 87.5 cm³/mol. The third kappa shape index (κ3) is 2.78. The lowest BCUT2D eigenvalue weighted by Crippen LogP contribution is -2.40. The highest BCUT2D eigenvalue weighted by atomic mass is 15.3. The molecule has 1 aromatic heterocycles. The van der Waals surface area contributed by atoms with E-state index in [4.69, 9.17) is 10.7 Å². The van der Waals surface area contributed by atoms with Gasteiger partial charge in [0.2, 0.25) is 0 Å². The molecule has 21 heavy (non-hydrogen) atoms. The Morgan fingerprint density at radius 2 is 1.90 bits per heavy atom. The van der Waals surface area contributed by atoms with Crippen molar-refractivity contribution in [3.8, 4) is 0 Å². The molecule has 0 radical (unpaired) electrons. The highest BCUT2D eigenvalue weighted by Crippen LogP contribution is 2.26. The summed E-state index contributed by atoms with van der Waals surface area (Å²) in [6, 6.07) is 8.35. The zero-order chi connectivity index (χ0) is 14.8. The molecule has 1 aliphatic heterocycles. The van der Waals surface area contributed by atoms with Crippen LogP contribution < -0.4 is 10.6 Å². The molecule has 2 N–H and O–H groups in total. The van der Waals surface area contributed by atoms with Gasteiger partial charge in [-0.1, -0.05) is 19.1 Å². The van der Waals surface area contributed by atoms with Crippen molar-refractivity contribution in [1.29, 1.82) is 0 Å². The average molecular weight is 285 g/mol. The van der Waals surface area contributed by atoms with Crippen LogP contribution in [0.4, 0.5) is 11.6 Å². The largest absolute Gasteiger partial charge is 0.381 e. The monoisotopic (exact) mass is 285 g/mol. The molecular formula is C16H23N5. The summed E-state index contributed by atoms with van der Waals surface area (Å²) < 4.78 is 0. The van der Waals surface area contributed by atoms with Crippen molar-refractivity contribution >= 4 is 22.7 Å². The number of benzene rings is 1. The fraction of sp³-hybridized carbons (Fsp3) is 0.500. The predicted octanol–water partition coefficient (Wildman–Crippen LogP) is 2.13. The molecule has 5 nitrogen and oxygen atoms in total. The van der Waals surface area contributed by atoms with Gasteiger partial charge >= 0.3 is 0 Å². The minimum atomic E-state index is 0.440. The summed E-state index contributed by atoms with van der Waals surface area (Å²) in [5.41, 5.74) is 7.96. The number of para-hydroxylation sites is 2. The fourth-order valence-electron chi connectivity index (χ4n) is 3.09. The van der Waals surface area contributed by atoms with Crippen molar-refractivity contribution in [3.63, 3.8) is 0 Å². The summed E-state index contributed by atoms with van der Waals surface area (Å²) in [7, 11) is 2.18. The zero-order valence-electron chi connectivity index (χ0n) is 12.8. The van der Waals surface area contributed by atoms with Gasteiger partial charge in [0.15, 0.2) is 11.6 Å². The fourth-order valence-corrected chi connectivity index (χ4v) is 3.09. The van der Waals surface area contributed by atoms with Gasteiger partial charge in [0.05, 0.1) is 11.0 Å². The summed E-state index contributed by atoms with van der Waals surface area (Å²) in [5.74, 6) is 1.38. The number of anilines is 2. The summed E-state index contributed by atoms with van der Waals surface area (Å²) in [6.07, 6.45) is 2.21. The molecule has 0 aliphatic carbocycles. The van der Waals surface area contributed by atoms with Crippen LogP contribution in [-0.2, 0) is 0 Å². The Hall–Kier alpha value is -1.88. The smallest absolute Gasteiger partial charge is 0.172 e. The van der Waals surface area contributed by atoms with Gasteiger partial charge < -0.3 is 15.5 Å². The molecule has 1 atom stereocenters. The molecule has 0 spiro atoms. The van der Waals surface area contributed by atoms with E-state index in [1.165, 1.54) is 0 Å². The lowest BCUT2D eigenvalue weighted by molar-refractivity contribution is 0.328. The minimum Gasteiger partial charge on any atom is -0.381 e. The summed E-state index contributed by atoms with van der Waals surface area (Å²) in [6.45, 7) is 5.37. The third-order valence-corrected chi connectivity index (χ3v) is 4.22. The first-order chi connectivity index (χ1) is 10.2. The number of hydrogen-bond acceptors (Lipinski definition) is 5. The van der Waals surface area contributed by atoms with Crippen LogP contribution in [0.2, 0.25) is 0 Å². The van der Waals surface area contributed by atoms with E-state index < -0.39 is 0 Å². The van der Waals surface area contributed by atoms with E-state index in [1.54, 1.807) is 0 Å². The van der Waals surface area contributed by atoms with Crippen LogP contribution in [0, 0.1) is 0 Å². The van der Waals surface area contributed by atoms with Crippen LogP contribution in [0.25, 0.3) is 11.0 Å². The van der Waals surface area contributed by atoms with Crippen molar-refractivity contribution in [2.24, 2.45) is 0 Å². The molecule has 2 aromatic rings. The highest BCUT2D eigenvalue weighted by Gasteiger charge is 2.25. The molecule has 1 aromatic carbocycles. The van der Waals surface area contributed by atoms with Crippen LogP contribution in [-0.4, -0.2) is 47.6 Å². The van der Waals surface area contributed by atoms with E-state index in [0.29, 0.717) is 11.9 Å². The molecule has 0 bridgehead atoms. The van der Waals surface area contributed by atoms with E-state index in [0.717, 1.165) is 49.3 Å². The van der Waals surface area contributed by atoms with Crippen LogP contribution >= 0.6 is 0 Å². The number of nitrogen functional groups attached to an aromatic ring is 1. The standard InChI is InChI=1S/C16H23N5/c1-3-12-11-20(2)9-6-10-21(12)16-15(17)18-13-7-4-5-8-14(13)19-16/h4-5,7-8,12H,3,6,9-11H2,1-2H3,(H2,17,18). The Kier molecular flexibility index (Phi) is 3.92. The minimum absolute atomic E-state index is 0.440. The van der Waals surface area contributed by atoms with Crippen LogP contribution in [0.15, 0.2) is 24.3 Å². The van der Waals surface area contributed by atoms with Crippen molar-refractivity contribution in [3.05, 3.63) is 24.3 Å². The second kappa shape index (κ2) is 5.85. The van der Waals surface area contributed by atoms with E-state index in [-0.39, 0.29) is 0 Å². The molecule has 3 rings (SSSR count). The van der Waals surface area contributed by atoms with Crippen molar-refractivity contribution in [2.75, 3.05) is 37.3 Å². The quantitative estimate of drug-likeness (QED) is 0.916. The van der Waals surface area contributed by atoms with Gasteiger partial charge in [-0.3, -0.25) is 0 Å². The van der Waals surface area contributed by atoms with Gasteiger partial charge in [-0.05, 0) is 38.6 Å². The maximum Gasteiger partial charge on any atom is 0.172 e. The number of nitrogens with zero attached hydrogens (tertiary/aromatic N) is 4. The summed E-state index contributed by atoms with van der Waals surface area (Å²) >= 11 is 0. The number of fused-ring (bicyclic) bond motifs is 1. The Balaban J connectivity index is 2.02. The van der Waals surface area contributed by atoms with E-state index in [9.17, 15) is 0 Å². The van der Waals surface area contributed by atoms with E-state index in [2.05, 4.69) is 28.8 Å². The lowest BCUT2D eigenvalue weighted by atomic mass is 10.2. The number of nitrogens with two attached hydrogens (primary N) is 1. The van der Waals surface area contributed by atoms with Gasteiger partial charge in [-0.15, -0.1) is 0 Å². The second-order valence-electron chi connectivity index (χ2n) is 5.79. The Morgan fingerprint density at radius 1 is 1.19 bits per heavy atom. The number of likely N-dealkylation sites (N-methyl/N-ethyl adjacent to an activating group) is 1. The van der Waals surface area contributed by atoms with Crippen molar-refractivity contribution in [1.82, 2.24) is 14.9 Å².